The Balaban J connectivity index is 0.00000256. The molecule has 1 aromatic carbocycles. The van der Waals surface area contributed by atoms with Crippen LogP contribution in [0.4, 0.5) is 0 Å². The maximum atomic E-state index is 10.6. The van der Waals surface area contributed by atoms with Crippen molar-refractivity contribution in [1.82, 2.24) is 0 Å². The molecule has 88 valence electrons. The number of para-hydroxylation sites is 1. The molecule has 0 aliphatic rings. The molecule has 0 aromatic heterocycles. The fraction of sp³-hybridized carbons (Fsp3) is 0.300. The van der Waals surface area contributed by atoms with Crippen molar-refractivity contribution in [3.05, 3.63) is 29.8 Å². The smallest absolute Gasteiger partial charge is 0.748 e. The van der Waals surface area contributed by atoms with E-state index in [1.54, 1.807) is 24.3 Å². The number of rotatable bonds is 6. The molecule has 0 atom stereocenters. The molecular weight excluding hydrogens is 255 g/mol. The SMILES string of the molecule is O=Cc1ccccc1OCCCS(=O)(=O)[O-].[Na+]. The molecule has 1 aromatic rings. The van der Waals surface area contributed by atoms with Crippen molar-refractivity contribution in [2.45, 2.75) is 6.42 Å². The van der Waals surface area contributed by atoms with Gasteiger partial charge in [-0.3, -0.25) is 4.79 Å². The Hall–Kier alpha value is -0.400. The minimum atomic E-state index is -4.19. The standard InChI is InChI=1S/C10H12O5S.Na/c11-8-9-4-1-2-5-10(9)15-6-3-7-16(12,13)14;/h1-2,4-5,8H,3,6-7H2,(H,12,13,14);/q;+1/p-1. The van der Waals surface area contributed by atoms with E-state index >= 15 is 0 Å². The molecule has 0 heterocycles. The molecule has 1 rings (SSSR count). The molecule has 7 heteroatoms. The number of aldehydes is 1. The van der Waals surface area contributed by atoms with Crippen LogP contribution in [0.5, 0.6) is 5.75 Å². The zero-order chi connectivity index (χ0) is 12.0. The zero-order valence-electron chi connectivity index (χ0n) is 9.46. The molecule has 0 unspecified atom stereocenters. The molecule has 5 nitrogen and oxygen atoms in total. The zero-order valence-corrected chi connectivity index (χ0v) is 12.3. The van der Waals surface area contributed by atoms with Crippen molar-refractivity contribution in [1.29, 1.82) is 0 Å². The van der Waals surface area contributed by atoms with Gasteiger partial charge in [-0.05, 0) is 18.6 Å². The molecule has 0 amide bonds. The quantitative estimate of drug-likeness (QED) is 0.253. The maximum absolute atomic E-state index is 10.6. The first-order chi connectivity index (χ1) is 7.53. The van der Waals surface area contributed by atoms with Crippen LogP contribution in [0.3, 0.4) is 0 Å². The molecule has 17 heavy (non-hydrogen) atoms. The Morgan fingerprint density at radius 3 is 2.53 bits per heavy atom. The fourth-order valence-electron chi connectivity index (χ4n) is 1.13. The second-order valence-corrected chi connectivity index (χ2v) is 4.64. The number of carbonyl (C=O) groups excluding carboxylic acids is 1. The van der Waals surface area contributed by atoms with Gasteiger partial charge in [0.05, 0.1) is 22.3 Å². The van der Waals surface area contributed by atoms with Crippen LogP contribution in [0, 0.1) is 0 Å². The summed E-state index contributed by atoms with van der Waals surface area (Å²) >= 11 is 0. The summed E-state index contributed by atoms with van der Waals surface area (Å²) in [6.45, 7) is 0.0896. The molecule has 0 bridgehead atoms. The van der Waals surface area contributed by atoms with Crippen LogP contribution in [0.25, 0.3) is 0 Å². The van der Waals surface area contributed by atoms with Gasteiger partial charge in [-0.1, -0.05) is 12.1 Å². The fourth-order valence-corrected chi connectivity index (χ4v) is 1.60. The van der Waals surface area contributed by atoms with Gasteiger partial charge in [0.15, 0.2) is 6.29 Å². The molecule has 0 saturated carbocycles. The third kappa shape index (κ3) is 6.80. The van der Waals surface area contributed by atoms with E-state index < -0.39 is 15.9 Å². The number of hydrogen-bond donors (Lipinski definition) is 0. The van der Waals surface area contributed by atoms with Gasteiger partial charge in [0.2, 0.25) is 0 Å². The summed E-state index contributed by atoms with van der Waals surface area (Å²) in [6.07, 6.45) is 0.763. The van der Waals surface area contributed by atoms with Crippen LogP contribution in [0.2, 0.25) is 0 Å². The monoisotopic (exact) mass is 266 g/mol. The normalized spacial score (nSPS) is 10.4. The predicted octanol–water partition coefficient (Wildman–Crippen LogP) is -2.18. The van der Waals surface area contributed by atoms with Crippen molar-refractivity contribution in [3.8, 4) is 5.75 Å². The van der Waals surface area contributed by atoms with E-state index in [1.807, 2.05) is 0 Å². The third-order valence-electron chi connectivity index (χ3n) is 1.84. The van der Waals surface area contributed by atoms with E-state index in [9.17, 15) is 17.8 Å². The number of ether oxygens (including phenoxy) is 1. The van der Waals surface area contributed by atoms with Crippen molar-refractivity contribution in [2.75, 3.05) is 12.4 Å². The first-order valence-electron chi connectivity index (χ1n) is 4.63. The van der Waals surface area contributed by atoms with Crippen LogP contribution in [-0.2, 0) is 10.1 Å². The van der Waals surface area contributed by atoms with Gasteiger partial charge < -0.3 is 9.29 Å². The van der Waals surface area contributed by atoms with Gasteiger partial charge in [0.25, 0.3) is 0 Å². The number of benzene rings is 1. The Morgan fingerprint density at radius 1 is 1.29 bits per heavy atom. The largest absolute Gasteiger partial charge is 1.00 e. The van der Waals surface area contributed by atoms with Crippen molar-refractivity contribution in [3.63, 3.8) is 0 Å². The van der Waals surface area contributed by atoms with E-state index in [0.717, 1.165) is 0 Å². The molecule has 0 aliphatic heterocycles. The summed E-state index contributed by atoms with van der Waals surface area (Å²) in [5.41, 5.74) is 0.396. The summed E-state index contributed by atoms with van der Waals surface area (Å²) in [4.78, 5) is 10.6. The molecule has 0 spiro atoms. The average Bonchev–Trinajstić information content (AvgIpc) is 2.23. The minimum absolute atomic E-state index is 0. The Bertz CT molecular complexity index is 458. The maximum Gasteiger partial charge on any atom is 1.00 e. The summed E-state index contributed by atoms with van der Waals surface area (Å²) in [6, 6.07) is 6.59. The van der Waals surface area contributed by atoms with E-state index in [-0.39, 0.29) is 42.6 Å². The summed E-state index contributed by atoms with van der Waals surface area (Å²) in [5, 5.41) is 0. The number of carbonyl (C=O) groups is 1. The van der Waals surface area contributed by atoms with Crippen LogP contribution in [0.1, 0.15) is 16.8 Å². The topological polar surface area (TPSA) is 83.5 Å². The Morgan fingerprint density at radius 2 is 1.94 bits per heavy atom. The Labute approximate surface area is 122 Å². The second kappa shape index (κ2) is 7.84. The van der Waals surface area contributed by atoms with E-state index in [4.69, 9.17) is 4.74 Å². The molecule has 0 fully saturated rings. The first kappa shape index (κ1) is 16.6. The minimum Gasteiger partial charge on any atom is -0.748 e. The van der Waals surface area contributed by atoms with Gasteiger partial charge in [0.1, 0.15) is 5.75 Å². The van der Waals surface area contributed by atoms with Crippen molar-refractivity contribution in [2.24, 2.45) is 0 Å². The first-order valence-corrected chi connectivity index (χ1v) is 6.21. The van der Waals surface area contributed by atoms with E-state index in [0.29, 0.717) is 17.6 Å². The van der Waals surface area contributed by atoms with Crippen LogP contribution >= 0.6 is 0 Å². The molecule has 0 saturated heterocycles. The van der Waals surface area contributed by atoms with Gasteiger partial charge in [-0.15, -0.1) is 0 Å². The third-order valence-corrected chi connectivity index (χ3v) is 2.63. The van der Waals surface area contributed by atoms with E-state index in [2.05, 4.69) is 0 Å². The van der Waals surface area contributed by atoms with Gasteiger partial charge in [-0.2, -0.15) is 0 Å². The Kier molecular flexibility index (Phi) is 7.65. The van der Waals surface area contributed by atoms with Crippen LogP contribution < -0.4 is 34.3 Å². The van der Waals surface area contributed by atoms with Gasteiger partial charge in [-0.25, -0.2) is 8.42 Å². The van der Waals surface area contributed by atoms with Gasteiger partial charge in [0, 0.05) is 5.75 Å². The van der Waals surface area contributed by atoms with E-state index in [1.165, 1.54) is 0 Å². The van der Waals surface area contributed by atoms with Crippen LogP contribution in [0.15, 0.2) is 24.3 Å². The second-order valence-electron chi connectivity index (χ2n) is 3.12. The summed E-state index contributed by atoms with van der Waals surface area (Å²) in [5.74, 6) is -0.0724. The molecule has 0 radical (unpaired) electrons. The van der Waals surface area contributed by atoms with Gasteiger partial charge >= 0.3 is 29.6 Å². The van der Waals surface area contributed by atoms with Crippen molar-refractivity contribution >= 4 is 16.4 Å². The van der Waals surface area contributed by atoms with Crippen molar-refractivity contribution < 1.29 is 52.1 Å². The molecule has 0 aliphatic carbocycles. The average molecular weight is 266 g/mol. The molecular formula is C10H11NaO5S. The summed E-state index contributed by atoms with van der Waals surface area (Å²) < 4.78 is 36.1. The number of hydrogen-bond acceptors (Lipinski definition) is 5. The molecule has 0 N–H and O–H groups in total. The predicted molar refractivity (Wildman–Crippen MR) is 56.5 cm³/mol. The van der Waals surface area contributed by atoms with Crippen LogP contribution in [-0.4, -0.2) is 31.6 Å². The summed E-state index contributed by atoms with van der Waals surface area (Å²) in [7, 11) is -4.19.